The first-order valence-electron chi connectivity index (χ1n) is 5.29. The van der Waals surface area contributed by atoms with Crippen LogP contribution in [-0.4, -0.2) is 0 Å². The summed E-state index contributed by atoms with van der Waals surface area (Å²) in [6.07, 6.45) is 1.71. The quantitative estimate of drug-likeness (QED) is 0.693. The van der Waals surface area contributed by atoms with E-state index in [9.17, 15) is 0 Å². The molecule has 2 aromatic rings. The van der Waals surface area contributed by atoms with E-state index in [0.717, 1.165) is 11.3 Å². The molecule has 1 nitrogen and oxygen atoms in total. The van der Waals surface area contributed by atoms with E-state index < -0.39 is 0 Å². The minimum atomic E-state index is -0.0939. The molecule has 0 radical (unpaired) electrons. The first-order valence-corrected chi connectivity index (χ1v) is 5.29. The lowest BCUT2D eigenvalue weighted by atomic mass is 10.1. The molecule has 0 fully saturated rings. The molecule has 0 saturated carbocycles. The molecule has 1 atom stereocenters. The van der Waals surface area contributed by atoms with Gasteiger partial charge < -0.3 is 4.74 Å². The average Bonchev–Trinajstić information content (AvgIpc) is 2.38. The molecule has 0 aliphatic heterocycles. The molecule has 2 rings (SSSR count). The topological polar surface area (TPSA) is 9.23 Å². The maximum atomic E-state index is 5.83. The van der Waals surface area contributed by atoms with Gasteiger partial charge in [0.05, 0.1) is 0 Å². The molecule has 1 heteroatoms. The molecule has 0 aliphatic carbocycles. The van der Waals surface area contributed by atoms with Gasteiger partial charge in [0.25, 0.3) is 0 Å². The van der Waals surface area contributed by atoms with Crippen molar-refractivity contribution in [2.45, 2.75) is 6.10 Å². The Morgan fingerprint density at radius 2 is 1.44 bits per heavy atom. The Labute approximate surface area is 96.0 Å². The van der Waals surface area contributed by atoms with E-state index in [0.29, 0.717) is 0 Å². The van der Waals surface area contributed by atoms with Gasteiger partial charge in [-0.25, -0.2) is 0 Å². The fourth-order valence-electron chi connectivity index (χ4n) is 1.54. The van der Waals surface area contributed by atoms with Crippen molar-refractivity contribution >= 4 is 0 Å². The summed E-state index contributed by atoms with van der Waals surface area (Å²) in [6, 6.07) is 19.8. The normalized spacial score (nSPS) is 11.8. The van der Waals surface area contributed by atoms with Crippen molar-refractivity contribution in [1.82, 2.24) is 0 Å². The van der Waals surface area contributed by atoms with Gasteiger partial charge in [-0.05, 0) is 23.8 Å². The van der Waals surface area contributed by atoms with Gasteiger partial charge in [-0.1, -0.05) is 55.1 Å². The van der Waals surface area contributed by atoms with E-state index in [1.165, 1.54) is 0 Å². The van der Waals surface area contributed by atoms with Crippen molar-refractivity contribution in [3.63, 3.8) is 0 Å². The maximum absolute atomic E-state index is 5.83. The first-order chi connectivity index (χ1) is 7.90. The highest BCUT2D eigenvalue weighted by atomic mass is 16.5. The van der Waals surface area contributed by atoms with Gasteiger partial charge in [0.15, 0.2) is 0 Å². The molecular weight excluding hydrogens is 196 g/mol. The zero-order chi connectivity index (χ0) is 11.2. The van der Waals surface area contributed by atoms with E-state index >= 15 is 0 Å². The zero-order valence-corrected chi connectivity index (χ0v) is 9.04. The lowest BCUT2D eigenvalue weighted by molar-refractivity contribution is 0.256. The number of hydrogen-bond donors (Lipinski definition) is 0. The Hall–Kier alpha value is -2.02. The third-order valence-corrected chi connectivity index (χ3v) is 2.35. The minimum absolute atomic E-state index is 0.0939. The predicted molar refractivity (Wildman–Crippen MR) is 66.5 cm³/mol. The van der Waals surface area contributed by atoms with Crippen LogP contribution in [-0.2, 0) is 0 Å². The third-order valence-electron chi connectivity index (χ3n) is 2.35. The number of rotatable bonds is 4. The van der Waals surface area contributed by atoms with E-state index in [2.05, 4.69) is 6.58 Å². The molecule has 0 amide bonds. The van der Waals surface area contributed by atoms with Gasteiger partial charge in [-0.15, -0.1) is 0 Å². The summed E-state index contributed by atoms with van der Waals surface area (Å²) in [5.41, 5.74) is 1.11. The van der Waals surface area contributed by atoms with E-state index in [4.69, 9.17) is 4.74 Å². The molecular formula is C15H14O. The Kier molecular flexibility index (Phi) is 3.39. The molecule has 16 heavy (non-hydrogen) atoms. The molecule has 0 saturated heterocycles. The number of hydrogen-bond acceptors (Lipinski definition) is 1. The van der Waals surface area contributed by atoms with Crippen molar-refractivity contribution in [3.8, 4) is 5.75 Å². The highest BCUT2D eigenvalue weighted by Gasteiger charge is 2.07. The SMILES string of the molecule is C=C[C@H](Oc1ccccc1)c1ccccc1. The Morgan fingerprint density at radius 3 is 2.00 bits per heavy atom. The molecule has 0 heterocycles. The van der Waals surface area contributed by atoms with Crippen LogP contribution in [0.1, 0.15) is 11.7 Å². The summed E-state index contributed by atoms with van der Waals surface area (Å²) >= 11 is 0. The monoisotopic (exact) mass is 210 g/mol. The molecule has 0 aromatic heterocycles. The summed E-state index contributed by atoms with van der Waals surface area (Å²) in [5.74, 6) is 0.858. The van der Waals surface area contributed by atoms with Gasteiger partial charge in [0.1, 0.15) is 11.9 Å². The zero-order valence-electron chi connectivity index (χ0n) is 9.04. The lowest BCUT2D eigenvalue weighted by Gasteiger charge is -2.15. The van der Waals surface area contributed by atoms with Gasteiger partial charge >= 0.3 is 0 Å². The molecule has 80 valence electrons. The van der Waals surface area contributed by atoms with Crippen LogP contribution in [0.4, 0.5) is 0 Å². The van der Waals surface area contributed by atoms with Crippen molar-refractivity contribution in [1.29, 1.82) is 0 Å². The van der Waals surface area contributed by atoms with Gasteiger partial charge in [-0.2, -0.15) is 0 Å². The predicted octanol–water partition coefficient (Wildman–Crippen LogP) is 3.99. The summed E-state index contributed by atoms with van der Waals surface area (Å²) in [4.78, 5) is 0. The average molecular weight is 210 g/mol. The van der Waals surface area contributed by atoms with Crippen LogP contribution in [0.15, 0.2) is 73.3 Å². The van der Waals surface area contributed by atoms with E-state index in [-0.39, 0.29) is 6.10 Å². The van der Waals surface area contributed by atoms with Gasteiger partial charge in [0, 0.05) is 0 Å². The van der Waals surface area contributed by atoms with Crippen LogP contribution < -0.4 is 4.74 Å². The van der Waals surface area contributed by atoms with E-state index in [1.54, 1.807) is 0 Å². The summed E-state index contributed by atoms with van der Waals surface area (Å²) in [6.45, 7) is 3.81. The highest BCUT2D eigenvalue weighted by molar-refractivity contribution is 5.26. The fraction of sp³-hybridized carbons (Fsp3) is 0.0667. The molecule has 0 spiro atoms. The third kappa shape index (κ3) is 2.51. The first kappa shape index (κ1) is 10.5. The molecule has 0 N–H and O–H groups in total. The van der Waals surface area contributed by atoms with Crippen LogP contribution in [0.5, 0.6) is 5.75 Å². The lowest BCUT2D eigenvalue weighted by Crippen LogP contribution is -2.03. The van der Waals surface area contributed by atoms with E-state index in [1.807, 2.05) is 66.7 Å². The van der Waals surface area contributed by atoms with Crippen LogP contribution in [0.25, 0.3) is 0 Å². The number of benzene rings is 2. The van der Waals surface area contributed by atoms with Crippen molar-refractivity contribution in [2.75, 3.05) is 0 Å². The summed E-state index contributed by atoms with van der Waals surface area (Å²) < 4.78 is 5.83. The number of ether oxygens (including phenoxy) is 1. The second-order valence-corrected chi connectivity index (χ2v) is 3.50. The number of para-hydroxylation sites is 1. The maximum Gasteiger partial charge on any atom is 0.142 e. The Balaban J connectivity index is 2.16. The van der Waals surface area contributed by atoms with Crippen LogP contribution in [0, 0.1) is 0 Å². The smallest absolute Gasteiger partial charge is 0.142 e. The van der Waals surface area contributed by atoms with Crippen LogP contribution >= 0.6 is 0 Å². The van der Waals surface area contributed by atoms with Crippen molar-refractivity contribution in [2.24, 2.45) is 0 Å². The molecule has 0 unspecified atom stereocenters. The second-order valence-electron chi connectivity index (χ2n) is 3.50. The van der Waals surface area contributed by atoms with Crippen molar-refractivity contribution < 1.29 is 4.74 Å². The standard InChI is InChI=1S/C15H14O/c1-2-15(13-9-5-3-6-10-13)16-14-11-7-4-8-12-14/h2-12,15H,1H2/t15-/m0/s1. The fourth-order valence-corrected chi connectivity index (χ4v) is 1.54. The molecule has 0 aliphatic rings. The van der Waals surface area contributed by atoms with Crippen LogP contribution in [0.2, 0.25) is 0 Å². The molecule has 0 bridgehead atoms. The highest BCUT2D eigenvalue weighted by Crippen LogP contribution is 2.22. The summed E-state index contributed by atoms with van der Waals surface area (Å²) in [7, 11) is 0. The molecule has 2 aromatic carbocycles. The largest absolute Gasteiger partial charge is 0.482 e. The minimum Gasteiger partial charge on any atom is -0.482 e. The Bertz CT molecular complexity index is 434. The summed E-state index contributed by atoms with van der Waals surface area (Å²) in [5, 5.41) is 0. The van der Waals surface area contributed by atoms with Crippen LogP contribution in [0.3, 0.4) is 0 Å². The van der Waals surface area contributed by atoms with Crippen molar-refractivity contribution in [3.05, 3.63) is 78.9 Å². The van der Waals surface area contributed by atoms with Gasteiger partial charge in [-0.3, -0.25) is 0 Å². The second kappa shape index (κ2) is 5.17. The van der Waals surface area contributed by atoms with Gasteiger partial charge in [0.2, 0.25) is 0 Å². The Morgan fingerprint density at radius 1 is 0.875 bits per heavy atom.